The van der Waals surface area contributed by atoms with Crippen LogP contribution in [0, 0.1) is 5.82 Å². The topological polar surface area (TPSA) is 85.3 Å². The Hall–Kier alpha value is -3.97. The van der Waals surface area contributed by atoms with E-state index >= 15 is 0 Å². The minimum Gasteiger partial charge on any atom is -0.504 e. The van der Waals surface area contributed by atoms with E-state index in [-0.39, 0.29) is 11.6 Å². The number of halogens is 1. The van der Waals surface area contributed by atoms with Crippen molar-refractivity contribution in [2.45, 2.75) is 13.1 Å². The lowest BCUT2D eigenvalue weighted by molar-refractivity contribution is 0.443. The molecule has 0 fully saturated rings. The summed E-state index contributed by atoms with van der Waals surface area (Å²) in [4.78, 5) is 12.4. The molecule has 0 aliphatic carbocycles. The second-order valence-electron chi connectivity index (χ2n) is 7.96. The Labute approximate surface area is 190 Å². The molecule has 0 unspecified atom stereocenters. The quantitative estimate of drug-likeness (QED) is 0.271. The fraction of sp³-hybridized carbons (Fsp3) is 0.154. The zero-order chi connectivity index (χ0) is 22.9. The van der Waals surface area contributed by atoms with Crippen LogP contribution in [-0.2, 0) is 13.1 Å². The van der Waals surface area contributed by atoms with E-state index in [1.807, 2.05) is 24.3 Å². The van der Waals surface area contributed by atoms with Gasteiger partial charge in [0.25, 0.3) is 0 Å². The Kier molecular flexibility index (Phi) is 5.40. The van der Waals surface area contributed by atoms with Crippen molar-refractivity contribution >= 4 is 22.4 Å². The molecule has 5 rings (SSSR count). The van der Waals surface area contributed by atoms with Crippen molar-refractivity contribution in [1.82, 2.24) is 20.6 Å². The average Bonchev–Trinajstić information content (AvgIpc) is 3.45. The molecule has 0 bridgehead atoms. The molecular weight excluding hydrogens is 417 g/mol. The number of fused-ring (bicyclic) bond motifs is 2. The number of hydrogen-bond donors (Lipinski definition) is 4. The van der Waals surface area contributed by atoms with Crippen LogP contribution in [-0.4, -0.2) is 34.9 Å². The molecule has 6 nitrogen and oxygen atoms in total. The highest BCUT2D eigenvalue weighted by molar-refractivity contribution is 6.14. The summed E-state index contributed by atoms with van der Waals surface area (Å²) in [6.07, 6.45) is 0. The predicted octanol–water partition coefficient (Wildman–Crippen LogP) is 4.54. The van der Waals surface area contributed by atoms with Gasteiger partial charge in [0, 0.05) is 32.7 Å². The number of hydrogen-bond acceptors (Lipinski definition) is 5. The van der Waals surface area contributed by atoms with Gasteiger partial charge >= 0.3 is 0 Å². The Bertz CT molecular complexity index is 1340. The van der Waals surface area contributed by atoms with Gasteiger partial charge in [-0.25, -0.2) is 9.37 Å². The van der Waals surface area contributed by atoms with Gasteiger partial charge in [-0.3, -0.25) is 4.99 Å². The molecule has 3 aromatic carbocycles. The summed E-state index contributed by atoms with van der Waals surface area (Å²) < 4.78 is 13.2. The fourth-order valence-electron chi connectivity index (χ4n) is 4.23. The van der Waals surface area contributed by atoms with E-state index in [1.165, 1.54) is 23.3 Å². The smallest absolute Gasteiger partial charge is 0.168 e. The molecule has 7 heteroatoms. The monoisotopic (exact) mass is 441 g/mol. The van der Waals surface area contributed by atoms with Gasteiger partial charge in [-0.2, -0.15) is 0 Å². The van der Waals surface area contributed by atoms with Crippen molar-refractivity contribution in [3.8, 4) is 11.1 Å². The summed E-state index contributed by atoms with van der Waals surface area (Å²) in [7, 11) is 3.39. The van der Waals surface area contributed by atoms with E-state index in [2.05, 4.69) is 32.7 Å². The van der Waals surface area contributed by atoms with Crippen LogP contribution in [0.3, 0.4) is 0 Å². The molecular formula is C26H24FN5O. The van der Waals surface area contributed by atoms with Crippen LogP contribution in [0.1, 0.15) is 22.5 Å². The molecule has 0 spiro atoms. The largest absolute Gasteiger partial charge is 0.504 e. The van der Waals surface area contributed by atoms with Gasteiger partial charge in [-0.1, -0.05) is 36.4 Å². The molecule has 1 aliphatic heterocycles. The fourth-order valence-corrected chi connectivity index (χ4v) is 4.23. The number of H-pyrrole nitrogens is 1. The molecule has 1 aliphatic rings. The molecule has 2 heterocycles. The van der Waals surface area contributed by atoms with Crippen LogP contribution in [0.4, 0.5) is 4.39 Å². The van der Waals surface area contributed by atoms with Crippen molar-refractivity contribution in [1.29, 1.82) is 0 Å². The number of aliphatic hydroxyl groups is 1. The highest BCUT2D eigenvalue weighted by Gasteiger charge is 2.19. The van der Waals surface area contributed by atoms with E-state index in [9.17, 15) is 9.50 Å². The Balaban J connectivity index is 1.49. The maximum atomic E-state index is 13.2. The second-order valence-corrected chi connectivity index (χ2v) is 7.96. The first kappa shape index (κ1) is 20.9. The number of rotatable bonds is 5. The van der Waals surface area contributed by atoms with Gasteiger partial charge < -0.3 is 20.7 Å². The second kappa shape index (κ2) is 8.52. The molecule has 0 atom stereocenters. The van der Waals surface area contributed by atoms with E-state index in [4.69, 9.17) is 4.98 Å². The number of allylic oxidation sites excluding steroid dienone is 1. The Morgan fingerprint density at radius 1 is 1.00 bits per heavy atom. The highest BCUT2D eigenvalue weighted by Crippen LogP contribution is 2.26. The molecule has 4 aromatic rings. The zero-order valence-electron chi connectivity index (χ0n) is 18.4. The third-order valence-corrected chi connectivity index (χ3v) is 5.94. The lowest BCUT2D eigenvalue weighted by Gasteiger charge is -2.11. The number of imidazole rings is 1. The van der Waals surface area contributed by atoms with Gasteiger partial charge in [0.2, 0.25) is 0 Å². The van der Waals surface area contributed by atoms with Crippen LogP contribution in [0.2, 0.25) is 0 Å². The lowest BCUT2D eigenvalue weighted by Crippen LogP contribution is -2.16. The third kappa shape index (κ3) is 3.87. The van der Waals surface area contributed by atoms with Gasteiger partial charge in [0.05, 0.1) is 11.0 Å². The van der Waals surface area contributed by atoms with Crippen molar-refractivity contribution in [2.75, 3.05) is 14.1 Å². The van der Waals surface area contributed by atoms with Crippen molar-refractivity contribution in [3.05, 3.63) is 94.8 Å². The maximum absolute atomic E-state index is 13.2. The van der Waals surface area contributed by atoms with Crippen LogP contribution in [0.15, 0.2) is 71.4 Å². The van der Waals surface area contributed by atoms with E-state index < -0.39 is 0 Å². The summed E-state index contributed by atoms with van der Waals surface area (Å²) in [6, 6.07) is 18.2. The summed E-state index contributed by atoms with van der Waals surface area (Å²) >= 11 is 0. The van der Waals surface area contributed by atoms with Gasteiger partial charge in [-0.15, -0.1) is 0 Å². The number of nitrogens with one attached hydrogen (secondary N) is 3. The highest BCUT2D eigenvalue weighted by atomic mass is 19.1. The molecule has 33 heavy (non-hydrogen) atoms. The van der Waals surface area contributed by atoms with E-state index in [0.717, 1.165) is 40.8 Å². The number of aromatic amines is 1. The number of aliphatic imine (C=N–C) groups is 1. The average molecular weight is 442 g/mol. The molecule has 0 amide bonds. The molecule has 166 valence electrons. The van der Waals surface area contributed by atoms with E-state index in [0.29, 0.717) is 17.2 Å². The van der Waals surface area contributed by atoms with Crippen LogP contribution >= 0.6 is 0 Å². The normalized spacial score (nSPS) is 14.3. The summed E-state index contributed by atoms with van der Waals surface area (Å²) in [5.74, 6) is 0.283. The first-order valence-electron chi connectivity index (χ1n) is 10.7. The summed E-state index contributed by atoms with van der Waals surface area (Å²) in [5.41, 5.74) is 7.81. The van der Waals surface area contributed by atoms with Gasteiger partial charge in [0.1, 0.15) is 17.2 Å². The predicted molar refractivity (Wildman–Crippen MR) is 130 cm³/mol. The molecule has 0 saturated heterocycles. The Morgan fingerprint density at radius 2 is 1.64 bits per heavy atom. The van der Waals surface area contributed by atoms with Gasteiger partial charge in [0.15, 0.2) is 11.6 Å². The van der Waals surface area contributed by atoms with Crippen molar-refractivity contribution in [2.24, 2.45) is 4.99 Å². The Morgan fingerprint density at radius 3 is 2.27 bits per heavy atom. The first-order valence-corrected chi connectivity index (χ1v) is 10.7. The van der Waals surface area contributed by atoms with Crippen LogP contribution in [0.5, 0.6) is 0 Å². The third-order valence-electron chi connectivity index (χ3n) is 5.94. The van der Waals surface area contributed by atoms with E-state index in [1.54, 1.807) is 26.2 Å². The first-order chi connectivity index (χ1) is 16.1. The number of nitrogens with zero attached hydrogens (tertiary/aromatic N) is 2. The number of benzene rings is 3. The zero-order valence-corrected chi connectivity index (χ0v) is 18.4. The van der Waals surface area contributed by atoms with Crippen molar-refractivity contribution in [3.63, 3.8) is 0 Å². The summed E-state index contributed by atoms with van der Waals surface area (Å²) in [5, 5.41) is 17.6. The minimum absolute atomic E-state index is 0.00259. The lowest BCUT2D eigenvalue weighted by atomic mass is 10.0. The molecule has 1 aromatic heterocycles. The maximum Gasteiger partial charge on any atom is 0.168 e. The van der Waals surface area contributed by atoms with Crippen molar-refractivity contribution < 1.29 is 9.50 Å². The molecule has 4 N–H and O–H groups in total. The minimum atomic E-state index is -0.266. The van der Waals surface area contributed by atoms with Crippen LogP contribution in [0.25, 0.3) is 27.9 Å². The van der Waals surface area contributed by atoms with Crippen LogP contribution < -0.4 is 10.6 Å². The molecule has 0 radical (unpaired) electrons. The van der Waals surface area contributed by atoms with Gasteiger partial charge in [-0.05, 0) is 46.5 Å². The summed E-state index contributed by atoms with van der Waals surface area (Å²) in [6.45, 7) is 1.69. The number of aliphatic hydroxyl groups excluding tert-OH is 1. The molecule has 0 saturated carbocycles. The number of aromatic nitrogens is 2. The SMILES string of the molecule is CN=C(/C(O)=C(\NC)c1nc2cc3c(cc2[nH]1)CNC3)c1ccc(-c2ccc(F)cc2)cc1. The standard InChI is InChI=1S/C26H24FN5O/c1-28-23(17-5-3-15(4-6-17)16-7-9-20(27)10-8-16)25(33)24(29-2)26-31-21-11-18-13-30-14-19(18)12-22(21)32-26/h3-12,29-30,33H,13-14H2,1-2H3,(H,31,32)/b25-24+,28-23?.